The Hall–Kier alpha value is -2.49. The summed E-state index contributed by atoms with van der Waals surface area (Å²) in [6.45, 7) is 9.02. The lowest BCUT2D eigenvalue weighted by Gasteiger charge is -2.26. The van der Waals surface area contributed by atoms with Crippen molar-refractivity contribution in [2.45, 2.75) is 39.2 Å². The largest absolute Gasteiger partial charge is 0.486 e. The van der Waals surface area contributed by atoms with E-state index >= 15 is 0 Å². The molecule has 0 amide bonds. The molecule has 4 nitrogen and oxygen atoms in total. The van der Waals surface area contributed by atoms with Crippen LogP contribution in [0, 0.1) is 6.92 Å². The average molecular weight is 340 g/mol. The van der Waals surface area contributed by atoms with Crippen molar-refractivity contribution in [1.82, 2.24) is 0 Å². The van der Waals surface area contributed by atoms with Gasteiger partial charge in [-0.2, -0.15) is 0 Å². The molecule has 0 N–H and O–H groups in total. The molecular weight excluding hydrogens is 316 g/mol. The van der Waals surface area contributed by atoms with Crippen molar-refractivity contribution in [2.24, 2.45) is 0 Å². The van der Waals surface area contributed by atoms with Gasteiger partial charge in [-0.15, -0.1) is 0 Å². The van der Waals surface area contributed by atoms with Crippen molar-refractivity contribution in [3.8, 4) is 11.5 Å². The highest BCUT2D eigenvalue weighted by atomic mass is 16.6. The summed E-state index contributed by atoms with van der Waals surface area (Å²) in [5, 5.41) is 0. The van der Waals surface area contributed by atoms with Gasteiger partial charge in [0.25, 0.3) is 0 Å². The SMILES string of the molecule is Cc1cc(C(=O)OCC2COc3ccccc3O2)ccc1C(C)(C)C. The minimum atomic E-state index is -0.342. The zero-order valence-electron chi connectivity index (χ0n) is 15.2. The van der Waals surface area contributed by atoms with E-state index in [-0.39, 0.29) is 24.1 Å². The molecule has 0 aliphatic carbocycles. The van der Waals surface area contributed by atoms with Gasteiger partial charge in [-0.05, 0) is 47.7 Å². The summed E-state index contributed by atoms with van der Waals surface area (Å²) in [6.07, 6.45) is -0.297. The lowest BCUT2D eigenvalue weighted by atomic mass is 9.83. The van der Waals surface area contributed by atoms with Crippen molar-refractivity contribution in [1.29, 1.82) is 0 Å². The van der Waals surface area contributed by atoms with Crippen LogP contribution in [0.15, 0.2) is 42.5 Å². The summed E-state index contributed by atoms with van der Waals surface area (Å²) in [5.41, 5.74) is 2.92. The number of fused-ring (bicyclic) bond motifs is 1. The van der Waals surface area contributed by atoms with Crippen LogP contribution in [0.4, 0.5) is 0 Å². The van der Waals surface area contributed by atoms with Crippen LogP contribution in [-0.4, -0.2) is 25.3 Å². The highest BCUT2D eigenvalue weighted by Crippen LogP contribution is 2.31. The number of carbonyl (C=O) groups excluding carboxylic acids is 1. The number of rotatable bonds is 3. The summed E-state index contributed by atoms with van der Waals surface area (Å²) < 4.78 is 16.9. The molecule has 3 rings (SSSR count). The highest BCUT2D eigenvalue weighted by Gasteiger charge is 2.23. The van der Waals surface area contributed by atoms with Crippen LogP contribution in [0.3, 0.4) is 0 Å². The quantitative estimate of drug-likeness (QED) is 0.782. The predicted octanol–water partition coefficient (Wildman–Crippen LogP) is 4.29. The number of benzene rings is 2. The summed E-state index contributed by atoms with van der Waals surface area (Å²) in [6, 6.07) is 13.2. The third-order valence-corrected chi connectivity index (χ3v) is 4.24. The fourth-order valence-corrected chi connectivity index (χ4v) is 3.03. The van der Waals surface area contributed by atoms with E-state index in [0.29, 0.717) is 17.9 Å². The lowest BCUT2D eigenvalue weighted by molar-refractivity contribution is 0.0109. The van der Waals surface area contributed by atoms with E-state index in [1.807, 2.05) is 49.4 Å². The second-order valence-corrected chi connectivity index (χ2v) is 7.38. The minimum absolute atomic E-state index is 0.0488. The van der Waals surface area contributed by atoms with Gasteiger partial charge in [0.15, 0.2) is 17.6 Å². The molecule has 0 aromatic heterocycles. The van der Waals surface area contributed by atoms with E-state index in [1.54, 1.807) is 0 Å². The van der Waals surface area contributed by atoms with Gasteiger partial charge in [-0.3, -0.25) is 0 Å². The van der Waals surface area contributed by atoms with Crippen molar-refractivity contribution >= 4 is 5.97 Å². The van der Waals surface area contributed by atoms with E-state index in [2.05, 4.69) is 20.8 Å². The van der Waals surface area contributed by atoms with Gasteiger partial charge in [-0.25, -0.2) is 4.79 Å². The molecule has 1 aliphatic rings. The van der Waals surface area contributed by atoms with Gasteiger partial charge in [-0.1, -0.05) is 39.0 Å². The summed E-state index contributed by atoms with van der Waals surface area (Å²) in [5.74, 6) is 1.06. The molecule has 2 aromatic rings. The van der Waals surface area contributed by atoms with E-state index in [0.717, 1.165) is 11.3 Å². The Balaban J connectivity index is 1.61. The maximum Gasteiger partial charge on any atom is 0.338 e. The number of esters is 1. The molecule has 132 valence electrons. The first-order valence-electron chi connectivity index (χ1n) is 8.51. The third kappa shape index (κ3) is 3.95. The van der Waals surface area contributed by atoms with Crippen LogP contribution in [0.2, 0.25) is 0 Å². The van der Waals surface area contributed by atoms with Crippen molar-refractivity contribution in [3.05, 3.63) is 59.2 Å². The van der Waals surface area contributed by atoms with Crippen molar-refractivity contribution in [2.75, 3.05) is 13.2 Å². The molecule has 0 bridgehead atoms. The van der Waals surface area contributed by atoms with Gasteiger partial charge in [0.1, 0.15) is 13.2 Å². The summed E-state index contributed by atoms with van der Waals surface area (Å²) >= 11 is 0. The van der Waals surface area contributed by atoms with Crippen LogP contribution in [0.1, 0.15) is 42.3 Å². The van der Waals surface area contributed by atoms with Gasteiger partial charge in [0, 0.05) is 0 Å². The molecule has 0 radical (unpaired) electrons. The fraction of sp³-hybridized carbons (Fsp3) is 0.381. The Labute approximate surface area is 148 Å². The highest BCUT2D eigenvalue weighted by molar-refractivity contribution is 5.89. The topological polar surface area (TPSA) is 44.8 Å². The molecule has 0 fully saturated rings. The van der Waals surface area contributed by atoms with Crippen LogP contribution in [0.25, 0.3) is 0 Å². The van der Waals surface area contributed by atoms with Gasteiger partial charge in [0.05, 0.1) is 5.56 Å². The zero-order chi connectivity index (χ0) is 18.0. The molecule has 0 spiro atoms. The molecule has 0 saturated carbocycles. The second-order valence-electron chi connectivity index (χ2n) is 7.38. The molecule has 1 atom stereocenters. The Morgan fingerprint density at radius 3 is 2.56 bits per heavy atom. The molecule has 0 saturated heterocycles. The van der Waals surface area contributed by atoms with Crippen LogP contribution >= 0.6 is 0 Å². The van der Waals surface area contributed by atoms with Crippen LogP contribution < -0.4 is 9.47 Å². The molecule has 2 aromatic carbocycles. The first-order valence-corrected chi connectivity index (χ1v) is 8.51. The van der Waals surface area contributed by atoms with Gasteiger partial charge >= 0.3 is 5.97 Å². The number of hydrogen-bond acceptors (Lipinski definition) is 4. The molecule has 1 heterocycles. The lowest BCUT2D eigenvalue weighted by Crippen LogP contribution is -2.34. The van der Waals surface area contributed by atoms with E-state index in [1.165, 1.54) is 5.56 Å². The summed E-state index contributed by atoms with van der Waals surface area (Å²) in [4.78, 5) is 12.3. The van der Waals surface area contributed by atoms with Gasteiger partial charge < -0.3 is 14.2 Å². The normalized spacial score (nSPS) is 16.4. The minimum Gasteiger partial charge on any atom is -0.486 e. The summed E-state index contributed by atoms with van der Waals surface area (Å²) in [7, 11) is 0. The average Bonchev–Trinajstić information content (AvgIpc) is 2.58. The first-order chi connectivity index (χ1) is 11.8. The van der Waals surface area contributed by atoms with E-state index in [9.17, 15) is 4.79 Å². The first kappa shape index (κ1) is 17.3. The molecule has 25 heavy (non-hydrogen) atoms. The van der Waals surface area contributed by atoms with E-state index < -0.39 is 0 Å². The molecule has 1 aliphatic heterocycles. The number of hydrogen-bond donors (Lipinski definition) is 0. The van der Waals surface area contributed by atoms with Crippen LogP contribution in [-0.2, 0) is 10.2 Å². The Morgan fingerprint density at radius 2 is 1.88 bits per heavy atom. The number of carbonyl (C=O) groups is 1. The van der Waals surface area contributed by atoms with Crippen molar-refractivity contribution < 1.29 is 19.0 Å². The maximum atomic E-state index is 12.3. The standard InChI is InChI=1S/C21H24O4/c1-14-11-15(9-10-17(14)21(2,3)4)20(22)24-13-16-12-23-18-7-5-6-8-19(18)25-16/h5-11,16H,12-13H2,1-4H3. The third-order valence-electron chi connectivity index (χ3n) is 4.24. The number of para-hydroxylation sites is 2. The number of aryl methyl sites for hydroxylation is 1. The zero-order valence-corrected chi connectivity index (χ0v) is 15.2. The Morgan fingerprint density at radius 1 is 1.16 bits per heavy atom. The Kier molecular flexibility index (Phi) is 4.71. The smallest absolute Gasteiger partial charge is 0.338 e. The second kappa shape index (κ2) is 6.79. The Bertz CT molecular complexity index is 774. The van der Waals surface area contributed by atoms with Gasteiger partial charge in [0.2, 0.25) is 0 Å². The number of ether oxygens (including phenoxy) is 3. The molecule has 4 heteroatoms. The predicted molar refractivity (Wildman–Crippen MR) is 96.5 cm³/mol. The van der Waals surface area contributed by atoms with Crippen molar-refractivity contribution in [3.63, 3.8) is 0 Å². The maximum absolute atomic E-state index is 12.3. The van der Waals surface area contributed by atoms with E-state index in [4.69, 9.17) is 14.2 Å². The van der Waals surface area contributed by atoms with Crippen LogP contribution in [0.5, 0.6) is 11.5 Å². The fourth-order valence-electron chi connectivity index (χ4n) is 3.03. The molecule has 1 unspecified atom stereocenters. The monoisotopic (exact) mass is 340 g/mol. The molecular formula is C21H24O4.